The van der Waals surface area contributed by atoms with Gasteiger partial charge in [0.25, 0.3) is 5.91 Å². The fourth-order valence-electron chi connectivity index (χ4n) is 2.71. The van der Waals surface area contributed by atoms with Gasteiger partial charge >= 0.3 is 0 Å². The van der Waals surface area contributed by atoms with E-state index in [1.165, 1.54) is 7.11 Å². The van der Waals surface area contributed by atoms with E-state index in [2.05, 4.69) is 10.4 Å². The average molecular weight is 420 g/mol. The number of carbonyl (C=O) groups is 1. The fraction of sp³-hybridized carbons (Fsp3) is 0.200. The van der Waals surface area contributed by atoms with E-state index in [-0.39, 0.29) is 5.91 Å². The molecule has 8 heteroatoms. The Morgan fingerprint density at radius 3 is 2.46 bits per heavy atom. The first-order valence-corrected chi connectivity index (χ1v) is 9.18. The van der Waals surface area contributed by atoms with Crippen molar-refractivity contribution in [2.75, 3.05) is 19.5 Å². The number of halogens is 2. The van der Waals surface area contributed by atoms with Gasteiger partial charge in [0.1, 0.15) is 0 Å². The van der Waals surface area contributed by atoms with Crippen LogP contribution in [-0.2, 0) is 6.54 Å². The number of hydrogen-bond acceptors (Lipinski definition) is 4. The van der Waals surface area contributed by atoms with Crippen LogP contribution in [0.3, 0.4) is 0 Å². The van der Waals surface area contributed by atoms with Gasteiger partial charge in [0, 0.05) is 17.3 Å². The monoisotopic (exact) mass is 419 g/mol. The molecule has 6 nitrogen and oxygen atoms in total. The second-order valence-electron chi connectivity index (χ2n) is 6.10. The number of aryl methyl sites for hydroxylation is 1. The molecule has 0 unspecified atom stereocenters. The zero-order chi connectivity index (χ0) is 20.3. The Bertz CT molecular complexity index is 1020. The molecule has 1 amide bonds. The Morgan fingerprint density at radius 1 is 1.04 bits per heavy atom. The van der Waals surface area contributed by atoms with Crippen molar-refractivity contribution in [3.8, 4) is 11.5 Å². The predicted molar refractivity (Wildman–Crippen MR) is 110 cm³/mol. The highest BCUT2D eigenvalue weighted by molar-refractivity contribution is 6.42. The predicted octanol–water partition coefficient (Wildman–Crippen LogP) is 4.82. The summed E-state index contributed by atoms with van der Waals surface area (Å²) < 4.78 is 12.2. The third-order valence-corrected chi connectivity index (χ3v) is 4.92. The van der Waals surface area contributed by atoms with Gasteiger partial charge in [-0.1, -0.05) is 29.3 Å². The second kappa shape index (κ2) is 8.54. The van der Waals surface area contributed by atoms with E-state index in [0.717, 1.165) is 11.3 Å². The normalized spacial score (nSPS) is 10.6. The number of carbonyl (C=O) groups excluding carboxylic acids is 1. The highest BCUT2D eigenvalue weighted by Crippen LogP contribution is 2.28. The first-order chi connectivity index (χ1) is 13.4. The van der Waals surface area contributed by atoms with Crippen molar-refractivity contribution in [3.05, 3.63) is 69.3 Å². The number of ether oxygens (including phenoxy) is 2. The van der Waals surface area contributed by atoms with E-state index in [1.807, 2.05) is 13.0 Å². The summed E-state index contributed by atoms with van der Waals surface area (Å²) in [6.07, 6.45) is 0. The first kappa shape index (κ1) is 20.0. The van der Waals surface area contributed by atoms with Crippen molar-refractivity contribution < 1.29 is 14.3 Å². The van der Waals surface area contributed by atoms with Crippen LogP contribution in [0.25, 0.3) is 0 Å². The zero-order valence-electron chi connectivity index (χ0n) is 15.6. The van der Waals surface area contributed by atoms with Crippen molar-refractivity contribution >= 4 is 34.9 Å². The SMILES string of the molecule is COc1ccc(C(=O)Nc2cc(C)n(Cc3ccc(Cl)c(Cl)c3)n2)cc1OC. The number of anilines is 1. The number of hydrogen-bond donors (Lipinski definition) is 1. The molecule has 1 N–H and O–H groups in total. The highest BCUT2D eigenvalue weighted by atomic mass is 35.5. The lowest BCUT2D eigenvalue weighted by Gasteiger charge is -2.09. The van der Waals surface area contributed by atoms with Crippen LogP contribution in [0.1, 0.15) is 21.6 Å². The summed E-state index contributed by atoms with van der Waals surface area (Å²) in [5.74, 6) is 1.20. The molecule has 0 aliphatic heterocycles. The van der Waals surface area contributed by atoms with Gasteiger partial charge in [-0.15, -0.1) is 0 Å². The van der Waals surface area contributed by atoms with Crippen LogP contribution < -0.4 is 14.8 Å². The lowest BCUT2D eigenvalue weighted by atomic mass is 10.2. The molecule has 28 heavy (non-hydrogen) atoms. The number of nitrogens with zero attached hydrogens (tertiary/aromatic N) is 2. The largest absolute Gasteiger partial charge is 0.493 e. The van der Waals surface area contributed by atoms with Crippen LogP contribution in [0.4, 0.5) is 5.82 Å². The maximum absolute atomic E-state index is 12.6. The van der Waals surface area contributed by atoms with Gasteiger partial charge in [-0.2, -0.15) is 5.10 Å². The van der Waals surface area contributed by atoms with Crippen molar-refractivity contribution in [2.45, 2.75) is 13.5 Å². The second-order valence-corrected chi connectivity index (χ2v) is 6.92. The number of aromatic nitrogens is 2. The Morgan fingerprint density at radius 2 is 1.79 bits per heavy atom. The standard InChI is InChI=1S/C20H19Cl2N3O3/c1-12-8-19(24-25(12)11-13-4-6-15(21)16(22)9-13)23-20(26)14-5-7-17(27-2)18(10-14)28-3/h4-10H,11H2,1-3H3,(H,23,24,26). The smallest absolute Gasteiger partial charge is 0.257 e. The van der Waals surface area contributed by atoms with Gasteiger partial charge in [0.05, 0.1) is 30.8 Å². The van der Waals surface area contributed by atoms with Gasteiger partial charge in [-0.3, -0.25) is 9.48 Å². The molecule has 2 aromatic carbocycles. The molecular weight excluding hydrogens is 401 g/mol. The van der Waals surface area contributed by atoms with Crippen molar-refractivity contribution in [2.24, 2.45) is 0 Å². The number of amides is 1. The Labute approximate surface area is 173 Å². The van der Waals surface area contributed by atoms with Crippen LogP contribution in [0.5, 0.6) is 11.5 Å². The molecule has 0 atom stereocenters. The van der Waals surface area contributed by atoms with E-state index < -0.39 is 0 Å². The summed E-state index contributed by atoms with van der Waals surface area (Å²) in [7, 11) is 3.06. The molecule has 3 rings (SSSR count). The summed E-state index contributed by atoms with van der Waals surface area (Å²) >= 11 is 12.0. The summed E-state index contributed by atoms with van der Waals surface area (Å²) in [5.41, 5.74) is 2.29. The van der Waals surface area contributed by atoms with E-state index in [1.54, 1.807) is 48.2 Å². The van der Waals surface area contributed by atoms with Crippen LogP contribution in [-0.4, -0.2) is 29.9 Å². The molecule has 0 radical (unpaired) electrons. The topological polar surface area (TPSA) is 65.4 Å². The van der Waals surface area contributed by atoms with Crippen molar-refractivity contribution in [1.82, 2.24) is 9.78 Å². The third-order valence-electron chi connectivity index (χ3n) is 4.18. The Balaban J connectivity index is 1.75. The maximum atomic E-state index is 12.6. The van der Waals surface area contributed by atoms with Gasteiger partial charge in [-0.05, 0) is 42.8 Å². The lowest BCUT2D eigenvalue weighted by molar-refractivity contribution is 0.102. The Kier molecular flexibility index (Phi) is 6.11. The number of rotatable bonds is 6. The molecule has 1 heterocycles. The van der Waals surface area contributed by atoms with Gasteiger partial charge in [0.2, 0.25) is 0 Å². The number of nitrogens with one attached hydrogen (secondary N) is 1. The molecule has 0 aliphatic carbocycles. The number of methoxy groups -OCH3 is 2. The third kappa shape index (κ3) is 4.40. The molecule has 0 saturated carbocycles. The number of benzene rings is 2. The molecule has 0 saturated heterocycles. The summed E-state index contributed by atoms with van der Waals surface area (Å²) in [4.78, 5) is 12.6. The quantitative estimate of drug-likeness (QED) is 0.621. The molecule has 0 aliphatic rings. The molecular formula is C20H19Cl2N3O3. The van der Waals surface area contributed by atoms with Gasteiger partial charge in [-0.25, -0.2) is 0 Å². The molecule has 0 spiro atoms. The minimum atomic E-state index is -0.292. The summed E-state index contributed by atoms with van der Waals surface area (Å²) in [6.45, 7) is 2.42. The lowest BCUT2D eigenvalue weighted by Crippen LogP contribution is -2.13. The van der Waals surface area contributed by atoms with E-state index in [4.69, 9.17) is 32.7 Å². The van der Waals surface area contributed by atoms with Crippen LogP contribution >= 0.6 is 23.2 Å². The van der Waals surface area contributed by atoms with Gasteiger partial charge in [0.15, 0.2) is 17.3 Å². The van der Waals surface area contributed by atoms with E-state index in [0.29, 0.717) is 39.5 Å². The summed E-state index contributed by atoms with van der Waals surface area (Å²) in [6, 6.07) is 12.2. The minimum absolute atomic E-state index is 0.292. The fourth-order valence-corrected chi connectivity index (χ4v) is 3.03. The molecule has 146 valence electrons. The van der Waals surface area contributed by atoms with Crippen LogP contribution in [0, 0.1) is 6.92 Å². The summed E-state index contributed by atoms with van der Waals surface area (Å²) in [5, 5.41) is 8.25. The molecule has 0 bridgehead atoms. The molecule has 0 fully saturated rings. The van der Waals surface area contributed by atoms with Gasteiger partial charge < -0.3 is 14.8 Å². The maximum Gasteiger partial charge on any atom is 0.257 e. The molecule has 3 aromatic rings. The first-order valence-electron chi connectivity index (χ1n) is 8.43. The van der Waals surface area contributed by atoms with Crippen molar-refractivity contribution in [1.29, 1.82) is 0 Å². The highest BCUT2D eigenvalue weighted by Gasteiger charge is 2.13. The minimum Gasteiger partial charge on any atom is -0.493 e. The van der Waals surface area contributed by atoms with Crippen LogP contribution in [0.2, 0.25) is 10.0 Å². The Hall–Kier alpha value is -2.70. The average Bonchev–Trinajstić information content (AvgIpc) is 3.02. The van der Waals surface area contributed by atoms with Crippen LogP contribution in [0.15, 0.2) is 42.5 Å². The zero-order valence-corrected chi connectivity index (χ0v) is 17.1. The van der Waals surface area contributed by atoms with E-state index in [9.17, 15) is 4.79 Å². The molecule has 1 aromatic heterocycles. The van der Waals surface area contributed by atoms with E-state index >= 15 is 0 Å². The van der Waals surface area contributed by atoms with Crippen molar-refractivity contribution in [3.63, 3.8) is 0 Å².